The number of aromatic nitrogens is 2. The summed E-state index contributed by atoms with van der Waals surface area (Å²) in [4.78, 5) is 23.5. The number of fused-ring (bicyclic) bond motifs is 1. The first-order valence-electron chi connectivity index (χ1n) is 10.1. The van der Waals surface area contributed by atoms with Crippen LogP contribution in [-0.2, 0) is 18.5 Å². The van der Waals surface area contributed by atoms with E-state index < -0.39 is 0 Å². The lowest BCUT2D eigenvalue weighted by Crippen LogP contribution is -2.21. The van der Waals surface area contributed by atoms with Gasteiger partial charge in [0.1, 0.15) is 10.7 Å². The Labute approximate surface area is 181 Å². The summed E-state index contributed by atoms with van der Waals surface area (Å²) in [5, 5.41) is 2.70. The summed E-state index contributed by atoms with van der Waals surface area (Å²) < 4.78 is 0. The zero-order valence-corrected chi connectivity index (χ0v) is 18.7. The van der Waals surface area contributed by atoms with Gasteiger partial charge in [-0.15, -0.1) is 11.3 Å². The zero-order valence-electron chi connectivity index (χ0n) is 17.9. The molecule has 0 radical (unpaired) electrons. The molecule has 154 valence electrons. The lowest BCUT2D eigenvalue weighted by atomic mass is 9.87. The number of H-pyrrole nitrogens is 1. The number of hydrogen-bond acceptors (Lipinski definition) is 4. The first-order valence-corrected chi connectivity index (χ1v) is 11.0. The third kappa shape index (κ3) is 4.37. The second-order valence-corrected chi connectivity index (χ2v) is 9.69. The van der Waals surface area contributed by atoms with Crippen molar-refractivity contribution in [3.63, 3.8) is 0 Å². The van der Waals surface area contributed by atoms with Crippen molar-refractivity contribution in [2.24, 2.45) is 0 Å². The minimum absolute atomic E-state index is 0.0713. The molecule has 0 atom stereocenters. The number of benzene rings is 2. The van der Waals surface area contributed by atoms with E-state index in [0.717, 1.165) is 22.5 Å². The van der Waals surface area contributed by atoms with Crippen LogP contribution in [0, 0.1) is 0 Å². The molecule has 1 N–H and O–H groups in total. The molecule has 0 saturated carbocycles. The second kappa shape index (κ2) is 8.17. The van der Waals surface area contributed by atoms with Crippen LogP contribution in [0.25, 0.3) is 21.3 Å². The molecular formula is C25H27N3OS. The number of aromatic amines is 1. The van der Waals surface area contributed by atoms with Gasteiger partial charge in [0.15, 0.2) is 0 Å². The van der Waals surface area contributed by atoms with Crippen LogP contribution in [0.15, 0.2) is 64.8 Å². The average Bonchev–Trinajstić information content (AvgIpc) is 3.13. The molecule has 2 aromatic heterocycles. The molecule has 0 fully saturated rings. The maximum absolute atomic E-state index is 12.8. The standard InChI is InChI=1S/C25H27N3OS/c1-25(2,3)19-12-10-17(11-13-19)14-28(4)15-21-26-23(29)22-20(16-30-24(22)27-21)18-8-6-5-7-9-18/h5-13,16H,14-15H2,1-4H3,(H,26,27,29). The molecule has 0 bridgehead atoms. The van der Waals surface area contributed by atoms with E-state index in [2.05, 4.69) is 54.9 Å². The van der Waals surface area contributed by atoms with Crippen molar-refractivity contribution < 1.29 is 0 Å². The highest BCUT2D eigenvalue weighted by molar-refractivity contribution is 7.17. The molecule has 0 aliphatic rings. The van der Waals surface area contributed by atoms with E-state index in [0.29, 0.717) is 17.8 Å². The minimum Gasteiger partial charge on any atom is -0.309 e. The lowest BCUT2D eigenvalue weighted by molar-refractivity contribution is 0.310. The molecule has 2 aromatic carbocycles. The van der Waals surface area contributed by atoms with Crippen molar-refractivity contribution in [1.82, 2.24) is 14.9 Å². The summed E-state index contributed by atoms with van der Waals surface area (Å²) >= 11 is 1.52. The van der Waals surface area contributed by atoms with Gasteiger partial charge >= 0.3 is 0 Å². The van der Waals surface area contributed by atoms with E-state index >= 15 is 0 Å². The summed E-state index contributed by atoms with van der Waals surface area (Å²) in [7, 11) is 2.05. The second-order valence-electron chi connectivity index (χ2n) is 8.83. The van der Waals surface area contributed by atoms with Crippen molar-refractivity contribution in [3.05, 3.63) is 87.3 Å². The third-order valence-electron chi connectivity index (χ3n) is 5.27. The number of rotatable bonds is 5. The maximum Gasteiger partial charge on any atom is 0.260 e. The molecule has 4 rings (SSSR count). The summed E-state index contributed by atoms with van der Waals surface area (Å²) in [6.07, 6.45) is 0. The Kier molecular flexibility index (Phi) is 5.58. The monoisotopic (exact) mass is 417 g/mol. The Bertz CT molecular complexity index is 1200. The van der Waals surface area contributed by atoms with E-state index in [1.807, 2.05) is 42.8 Å². The van der Waals surface area contributed by atoms with Crippen LogP contribution in [0.3, 0.4) is 0 Å². The van der Waals surface area contributed by atoms with Crippen LogP contribution in [0.5, 0.6) is 0 Å². The van der Waals surface area contributed by atoms with E-state index in [1.54, 1.807) is 0 Å². The van der Waals surface area contributed by atoms with Crippen LogP contribution in [0.2, 0.25) is 0 Å². The van der Waals surface area contributed by atoms with Crippen molar-refractivity contribution >= 4 is 21.6 Å². The molecule has 30 heavy (non-hydrogen) atoms. The van der Waals surface area contributed by atoms with Gasteiger partial charge in [0, 0.05) is 17.5 Å². The van der Waals surface area contributed by atoms with Gasteiger partial charge in [-0.2, -0.15) is 0 Å². The Morgan fingerprint density at radius 3 is 2.37 bits per heavy atom. The largest absolute Gasteiger partial charge is 0.309 e. The van der Waals surface area contributed by atoms with Gasteiger partial charge in [0.2, 0.25) is 0 Å². The van der Waals surface area contributed by atoms with Crippen LogP contribution in [-0.4, -0.2) is 21.9 Å². The third-order valence-corrected chi connectivity index (χ3v) is 6.14. The molecule has 0 spiro atoms. The number of nitrogens with one attached hydrogen (secondary N) is 1. The Morgan fingerprint density at radius 2 is 1.70 bits per heavy atom. The van der Waals surface area contributed by atoms with Gasteiger partial charge in [-0.1, -0.05) is 75.4 Å². The van der Waals surface area contributed by atoms with Crippen LogP contribution in [0.4, 0.5) is 0 Å². The highest BCUT2D eigenvalue weighted by Crippen LogP contribution is 2.30. The quantitative estimate of drug-likeness (QED) is 0.461. The van der Waals surface area contributed by atoms with Crippen LogP contribution < -0.4 is 5.56 Å². The number of nitrogens with zero attached hydrogens (tertiary/aromatic N) is 2. The normalized spacial score (nSPS) is 12.0. The van der Waals surface area contributed by atoms with Crippen LogP contribution >= 0.6 is 11.3 Å². The SMILES string of the molecule is CN(Cc1ccc(C(C)(C)C)cc1)Cc1nc2scc(-c3ccccc3)c2c(=O)[nH]1. The average molecular weight is 418 g/mol. The Morgan fingerprint density at radius 1 is 1.00 bits per heavy atom. The smallest absolute Gasteiger partial charge is 0.260 e. The van der Waals surface area contributed by atoms with E-state index in [1.165, 1.54) is 22.5 Å². The highest BCUT2D eigenvalue weighted by Gasteiger charge is 2.15. The summed E-state index contributed by atoms with van der Waals surface area (Å²) in [6, 6.07) is 18.8. The Hall–Kier alpha value is -2.76. The maximum atomic E-state index is 12.8. The van der Waals surface area contributed by atoms with Gasteiger partial charge in [-0.05, 0) is 29.2 Å². The van der Waals surface area contributed by atoms with Gasteiger partial charge in [0.05, 0.1) is 11.9 Å². The molecule has 0 unspecified atom stereocenters. The zero-order chi connectivity index (χ0) is 21.3. The molecule has 0 saturated heterocycles. The number of hydrogen-bond donors (Lipinski definition) is 1. The Balaban J connectivity index is 1.52. The van der Waals surface area contributed by atoms with E-state index in [4.69, 9.17) is 4.98 Å². The molecule has 4 nitrogen and oxygen atoms in total. The van der Waals surface area contributed by atoms with Crippen molar-refractivity contribution in [2.45, 2.75) is 39.3 Å². The summed E-state index contributed by atoms with van der Waals surface area (Å²) in [5.74, 6) is 0.697. The summed E-state index contributed by atoms with van der Waals surface area (Å²) in [6.45, 7) is 8.05. The van der Waals surface area contributed by atoms with Crippen molar-refractivity contribution in [2.75, 3.05) is 7.05 Å². The van der Waals surface area contributed by atoms with E-state index in [-0.39, 0.29) is 11.0 Å². The minimum atomic E-state index is -0.0713. The molecule has 4 aromatic rings. The van der Waals surface area contributed by atoms with Crippen molar-refractivity contribution in [3.8, 4) is 11.1 Å². The fourth-order valence-electron chi connectivity index (χ4n) is 3.63. The van der Waals surface area contributed by atoms with E-state index in [9.17, 15) is 4.79 Å². The molecule has 0 aliphatic carbocycles. The first kappa shape index (κ1) is 20.5. The predicted molar refractivity (Wildman–Crippen MR) is 126 cm³/mol. The summed E-state index contributed by atoms with van der Waals surface area (Å²) in [5.41, 5.74) is 4.65. The first-order chi connectivity index (χ1) is 14.3. The molecule has 2 heterocycles. The van der Waals surface area contributed by atoms with Gasteiger partial charge in [-0.3, -0.25) is 9.69 Å². The molecule has 0 amide bonds. The number of thiophene rings is 1. The molecule has 0 aliphatic heterocycles. The fourth-order valence-corrected chi connectivity index (χ4v) is 4.60. The molecular weight excluding hydrogens is 390 g/mol. The molecule has 5 heteroatoms. The highest BCUT2D eigenvalue weighted by atomic mass is 32.1. The lowest BCUT2D eigenvalue weighted by Gasteiger charge is -2.20. The predicted octanol–water partition coefficient (Wildman–Crippen LogP) is 5.58. The van der Waals surface area contributed by atoms with Gasteiger partial charge in [0.25, 0.3) is 5.56 Å². The van der Waals surface area contributed by atoms with Gasteiger partial charge < -0.3 is 4.98 Å². The van der Waals surface area contributed by atoms with Crippen LogP contribution in [0.1, 0.15) is 37.7 Å². The fraction of sp³-hybridized carbons (Fsp3) is 0.280. The van der Waals surface area contributed by atoms with Gasteiger partial charge in [-0.25, -0.2) is 4.98 Å². The van der Waals surface area contributed by atoms with Crippen molar-refractivity contribution in [1.29, 1.82) is 0 Å². The topological polar surface area (TPSA) is 49.0 Å².